The maximum atomic E-state index is 12.4. The second-order valence-corrected chi connectivity index (χ2v) is 5.81. The molecule has 3 N–H and O–H groups in total. The van der Waals surface area contributed by atoms with Gasteiger partial charge in [-0.15, -0.1) is 0 Å². The highest BCUT2D eigenvalue weighted by Gasteiger charge is 2.36. The van der Waals surface area contributed by atoms with Crippen molar-refractivity contribution < 1.29 is 24.2 Å². The van der Waals surface area contributed by atoms with Gasteiger partial charge in [0.05, 0.1) is 23.9 Å². The van der Waals surface area contributed by atoms with Crippen molar-refractivity contribution >= 4 is 18.0 Å². The molecule has 0 spiro atoms. The van der Waals surface area contributed by atoms with E-state index in [1.807, 2.05) is 6.07 Å². The number of esters is 1. The van der Waals surface area contributed by atoms with Crippen LogP contribution in [0.4, 0.5) is 4.79 Å². The third-order valence-corrected chi connectivity index (χ3v) is 4.04. The largest absolute Gasteiger partial charge is 0.476 e. The quantitative estimate of drug-likeness (QED) is 0.689. The van der Waals surface area contributed by atoms with Gasteiger partial charge in [-0.25, -0.2) is 19.1 Å². The Morgan fingerprint density at radius 1 is 1.30 bits per heavy atom. The van der Waals surface area contributed by atoms with E-state index in [1.165, 1.54) is 10.9 Å². The number of aromatic nitrogens is 2. The van der Waals surface area contributed by atoms with Crippen LogP contribution in [-0.2, 0) is 9.53 Å². The van der Waals surface area contributed by atoms with E-state index in [2.05, 4.69) is 15.7 Å². The summed E-state index contributed by atoms with van der Waals surface area (Å²) in [5, 5.41) is 18.8. The van der Waals surface area contributed by atoms with Gasteiger partial charge in [-0.1, -0.05) is 18.2 Å². The molecule has 2 amide bonds. The summed E-state index contributed by atoms with van der Waals surface area (Å²) < 4.78 is 6.46. The van der Waals surface area contributed by atoms with Crippen molar-refractivity contribution in [2.45, 2.75) is 19.9 Å². The fraction of sp³-hybridized carbons (Fsp3) is 0.222. The number of carboxylic acids is 1. The molecule has 27 heavy (non-hydrogen) atoms. The van der Waals surface area contributed by atoms with E-state index >= 15 is 0 Å². The average Bonchev–Trinajstić information content (AvgIpc) is 3.07. The highest BCUT2D eigenvalue weighted by molar-refractivity contribution is 5.96. The fourth-order valence-corrected chi connectivity index (χ4v) is 2.88. The predicted molar refractivity (Wildman–Crippen MR) is 94.3 cm³/mol. The van der Waals surface area contributed by atoms with Gasteiger partial charge in [0.2, 0.25) is 0 Å². The lowest BCUT2D eigenvalue weighted by atomic mass is 9.96. The number of aromatic carboxylic acids is 1. The van der Waals surface area contributed by atoms with Crippen molar-refractivity contribution in [2.75, 3.05) is 6.61 Å². The molecule has 140 valence electrons. The number of nitrogens with one attached hydrogen (secondary N) is 2. The lowest BCUT2D eigenvalue weighted by Gasteiger charge is -2.27. The number of para-hydroxylation sites is 1. The molecule has 9 heteroatoms. The van der Waals surface area contributed by atoms with E-state index in [9.17, 15) is 19.5 Å². The van der Waals surface area contributed by atoms with Gasteiger partial charge in [0.1, 0.15) is 0 Å². The number of carbonyl (C=O) groups is 3. The zero-order chi connectivity index (χ0) is 19.6. The molecule has 0 aliphatic carbocycles. The third-order valence-electron chi connectivity index (χ3n) is 4.04. The lowest BCUT2D eigenvalue weighted by molar-refractivity contribution is -0.139. The van der Waals surface area contributed by atoms with Crippen LogP contribution in [0.25, 0.3) is 5.69 Å². The number of urea groups is 1. The van der Waals surface area contributed by atoms with Gasteiger partial charge in [-0.2, -0.15) is 5.10 Å². The molecule has 1 aromatic heterocycles. The molecule has 1 aliphatic rings. The minimum absolute atomic E-state index is 0.131. The maximum Gasteiger partial charge on any atom is 0.356 e. The van der Waals surface area contributed by atoms with Crippen LogP contribution in [0.3, 0.4) is 0 Å². The molecule has 0 saturated carbocycles. The SMILES string of the molecule is CCOC(=O)C1=C(C)NC(=O)N[C@@H]1c1cn(-c2ccccc2)nc1C(=O)O. The van der Waals surface area contributed by atoms with Gasteiger partial charge in [-0.3, -0.25) is 0 Å². The van der Waals surface area contributed by atoms with Crippen LogP contribution in [-0.4, -0.2) is 39.5 Å². The molecule has 1 aromatic carbocycles. The van der Waals surface area contributed by atoms with E-state index in [4.69, 9.17) is 4.74 Å². The van der Waals surface area contributed by atoms with Gasteiger partial charge < -0.3 is 20.5 Å². The zero-order valence-corrected chi connectivity index (χ0v) is 14.7. The Balaban J connectivity index is 2.14. The van der Waals surface area contributed by atoms with E-state index in [0.29, 0.717) is 11.4 Å². The number of carboxylic acid groups (broad SMARTS) is 1. The summed E-state index contributed by atoms with van der Waals surface area (Å²) in [6, 6.07) is 7.38. The summed E-state index contributed by atoms with van der Waals surface area (Å²) in [6.07, 6.45) is 1.49. The highest BCUT2D eigenvalue weighted by atomic mass is 16.5. The number of benzene rings is 1. The normalized spacial score (nSPS) is 16.5. The molecule has 1 atom stereocenters. The molecule has 2 aromatic rings. The van der Waals surface area contributed by atoms with Gasteiger partial charge in [0, 0.05) is 17.5 Å². The molecule has 9 nitrogen and oxygen atoms in total. The summed E-state index contributed by atoms with van der Waals surface area (Å²) in [5.41, 5.74) is 0.992. The first-order chi connectivity index (χ1) is 12.9. The van der Waals surface area contributed by atoms with Crippen molar-refractivity contribution in [3.8, 4) is 5.69 Å². The van der Waals surface area contributed by atoms with Crippen molar-refractivity contribution in [3.63, 3.8) is 0 Å². The molecule has 3 rings (SSSR count). The second-order valence-electron chi connectivity index (χ2n) is 5.81. The van der Waals surface area contributed by atoms with Crippen LogP contribution in [0.1, 0.15) is 35.9 Å². The minimum atomic E-state index is -1.27. The van der Waals surface area contributed by atoms with Crippen LogP contribution in [0.5, 0.6) is 0 Å². The standard InChI is InChI=1S/C18H18N4O5/c1-3-27-17(25)13-10(2)19-18(26)20-14(13)12-9-22(21-15(12)16(23)24)11-7-5-4-6-8-11/h4-9,14H,3H2,1-2H3,(H,23,24)(H2,19,20,26)/t14-/m1/s1. The van der Waals surface area contributed by atoms with E-state index < -0.39 is 24.0 Å². The van der Waals surface area contributed by atoms with Crippen molar-refractivity contribution in [1.82, 2.24) is 20.4 Å². The Morgan fingerprint density at radius 2 is 2.00 bits per heavy atom. The van der Waals surface area contributed by atoms with Crippen LogP contribution in [0.2, 0.25) is 0 Å². The molecule has 0 unspecified atom stereocenters. The monoisotopic (exact) mass is 370 g/mol. The first-order valence-electron chi connectivity index (χ1n) is 8.26. The number of amides is 2. The highest BCUT2D eigenvalue weighted by Crippen LogP contribution is 2.30. The Hall–Kier alpha value is -3.62. The summed E-state index contributed by atoms with van der Waals surface area (Å²) in [4.78, 5) is 36.1. The van der Waals surface area contributed by atoms with Gasteiger partial charge >= 0.3 is 18.0 Å². The van der Waals surface area contributed by atoms with E-state index in [0.717, 1.165) is 0 Å². The smallest absolute Gasteiger partial charge is 0.356 e. The Morgan fingerprint density at radius 3 is 2.63 bits per heavy atom. The van der Waals surface area contributed by atoms with Crippen LogP contribution in [0, 0.1) is 0 Å². The van der Waals surface area contributed by atoms with E-state index in [1.54, 1.807) is 38.1 Å². The summed E-state index contributed by atoms with van der Waals surface area (Å²) in [6.45, 7) is 3.36. The number of hydrogen-bond donors (Lipinski definition) is 3. The Labute approximate surface area is 154 Å². The summed E-state index contributed by atoms with van der Waals surface area (Å²) in [7, 11) is 0. The Bertz CT molecular complexity index is 932. The third kappa shape index (κ3) is 3.52. The molecular formula is C18H18N4O5. The average molecular weight is 370 g/mol. The van der Waals surface area contributed by atoms with Crippen molar-refractivity contribution in [2.24, 2.45) is 0 Å². The zero-order valence-electron chi connectivity index (χ0n) is 14.7. The summed E-state index contributed by atoms with van der Waals surface area (Å²) in [5.74, 6) is -1.91. The molecule has 1 aliphatic heterocycles. The summed E-state index contributed by atoms with van der Waals surface area (Å²) >= 11 is 0. The molecule has 0 saturated heterocycles. The number of carbonyl (C=O) groups excluding carboxylic acids is 2. The maximum absolute atomic E-state index is 12.4. The molecular weight excluding hydrogens is 352 g/mol. The Kier molecular flexibility index (Phi) is 4.93. The fourth-order valence-electron chi connectivity index (χ4n) is 2.88. The number of nitrogens with zero attached hydrogens (tertiary/aromatic N) is 2. The predicted octanol–water partition coefficient (Wildman–Crippen LogP) is 1.76. The van der Waals surface area contributed by atoms with Crippen molar-refractivity contribution in [3.05, 3.63) is 59.1 Å². The molecule has 2 heterocycles. The van der Waals surface area contributed by atoms with Crippen LogP contribution < -0.4 is 10.6 Å². The van der Waals surface area contributed by atoms with E-state index in [-0.39, 0.29) is 23.4 Å². The van der Waals surface area contributed by atoms with Gasteiger partial charge in [0.25, 0.3) is 0 Å². The first kappa shape index (κ1) is 18.2. The van der Waals surface area contributed by atoms with Crippen LogP contribution in [0.15, 0.2) is 47.8 Å². The topological polar surface area (TPSA) is 123 Å². The first-order valence-corrected chi connectivity index (χ1v) is 8.26. The number of hydrogen-bond acceptors (Lipinski definition) is 5. The number of allylic oxidation sites excluding steroid dienone is 1. The molecule has 0 fully saturated rings. The van der Waals surface area contributed by atoms with Crippen LogP contribution >= 0.6 is 0 Å². The number of ether oxygens (including phenoxy) is 1. The lowest BCUT2D eigenvalue weighted by Crippen LogP contribution is -2.45. The second kappa shape index (κ2) is 7.32. The number of rotatable bonds is 5. The minimum Gasteiger partial charge on any atom is -0.476 e. The molecule has 0 bridgehead atoms. The van der Waals surface area contributed by atoms with Gasteiger partial charge in [-0.05, 0) is 26.0 Å². The van der Waals surface area contributed by atoms with Crippen molar-refractivity contribution in [1.29, 1.82) is 0 Å². The molecule has 0 radical (unpaired) electrons. The van der Waals surface area contributed by atoms with Gasteiger partial charge in [0.15, 0.2) is 5.69 Å².